The van der Waals surface area contributed by atoms with Crippen LogP contribution in [-0.4, -0.2) is 19.6 Å². The number of pyridine rings is 1. The van der Waals surface area contributed by atoms with Crippen molar-refractivity contribution < 1.29 is 9.84 Å². The minimum Gasteiger partial charge on any atom is -0.384 e. The largest absolute Gasteiger partial charge is 0.384 e. The van der Waals surface area contributed by atoms with Crippen LogP contribution in [0.4, 0.5) is 5.82 Å². The molecule has 136 valence electrons. The van der Waals surface area contributed by atoms with Gasteiger partial charge in [-0.15, -0.1) is 0 Å². The van der Waals surface area contributed by atoms with Crippen molar-refractivity contribution in [2.45, 2.75) is 32.3 Å². The molecule has 1 atom stereocenters. The summed E-state index contributed by atoms with van der Waals surface area (Å²) in [4.78, 5) is 9.20. The Kier molecular flexibility index (Phi) is 3.47. The molecule has 0 radical (unpaired) electrons. The molecule has 0 saturated carbocycles. The number of anilines is 1. The number of aliphatic hydroxyl groups is 1. The highest BCUT2D eigenvalue weighted by Crippen LogP contribution is 2.40. The standard InChI is InChI=1S/C21H20N4O2/c1-21(26)12-25-16(11-27-10-13-6-3-2-4-7-13)24-18-19(25)17-14(21)8-5-9-15(17)23-20(18)22/h2-9,26H,10-12H2,1H3,(H2,22,23). The summed E-state index contributed by atoms with van der Waals surface area (Å²) in [6.07, 6.45) is 0. The van der Waals surface area contributed by atoms with Crippen LogP contribution in [0.25, 0.3) is 21.9 Å². The average molecular weight is 360 g/mol. The van der Waals surface area contributed by atoms with E-state index < -0.39 is 5.60 Å². The monoisotopic (exact) mass is 360 g/mol. The van der Waals surface area contributed by atoms with Gasteiger partial charge in [0.25, 0.3) is 0 Å². The Morgan fingerprint density at radius 3 is 2.74 bits per heavy atom. The van der Waals surface area contributed by atoms with E-state index in [1.54, 1.807) is 0 Å². The lowest BCUT2D eigenvalue weighted by Crippen LogP contribution is -2.31. The number of imidazole rings is 1. The van der Waals surface area contributed by atoms with Crippen LogP contribution in [0.2, 0.25) is 0 Å². The van der Waals surface area contributed by atoms with E-state index in [1.165, 1.54) is 0 Å². The molecule has 1 unspecified atom stereocenters. The van der Waals surface area contributed by atoms with Crippen LogP contribution in [0.5, 0.6) is 0 Å². The van der Waals surface area contributed by atoms with E-state index in [0.29, 0.717) is 31.1 Å². The molecule has 3 N–H and O–H groups in total. The fourth-order valence-electron chi connectivity index (χ4n) is 3.95. The molecule has 0 fully saturated rings. The number of aromatic nitrogens is 3. The Balaban J connectivity index is 1.61. The molecule has 1 aliphatic rings. The normalized spacial score (nSPS) is 18.6. The van der Waals surface area contributed by atoms with E-state index >= 15 is 0 Å². The first-order valence-corrected chi connectivity index (χ1v) is 8.96. The van der Waals surface area contributed by atoms with Gasteiger partial charge in [0, 0.05) is 5.39 Å². The number of rotatable bonds is 4. The zero-order chi connectivity index (χ0) is 18.6. The van der Waals surface area contributed by atoms with Gasteiger partial charge in [-0.25, -0.2) is 9.97 Å². The number of nitrogens with zero attached hydrogens (tertiary/aromatic N) is 3. The summed E-state index contributed by atoms with van der Waals surface area (Å²) in [5.41, 5.74) is 9.51. The minimum absolute atomic E-state index is 0.336. The van der Waals surface area contributed by atoms with Crippen molar-refractivity contribution in [3.05, 3.63) is 65.5 Å². The summed E-state index contributed by atoms with van der Waals surface area (Å²) in [5.74, 6) is 1.15. The van der Waals surface area contributed by atoms with Crippen LogP contribution in [0, 0.1) is 0 Å². The van der Waals surface area contributed by atoms with Crippen molar-refractivity contribution >= 4 is 27.8 Å². The second-order valence-electron chi connectivity index (χ2n) is 7.26. The smallest absolute Gasteiger partial charge is 0.152 e. The first kappa shape index (κ1) is 16.2. The predicted octanol–water partition coefficient (Wildman–Crippen LogP) is 3.10. The number of hydrogen-bond acceptors (Lipinski definition) is 5. The number of hydrogen-bond donors (Lipinski definition) is 2. The van der Waals surface area contributed by atoms with E-state index in [0.717, 1.165) is 33.4 Å². The highest BCUT2D eigenvalue weighted by atomic mass is 16.5. The van der Waals surface area contributed by atoms with Gasteiger partial charge in [0.15, 0.2) is 5.82 Å². The maximum atomic E-state index is 11.1. The number of nitrogens with two attached hydrogens (primary N) is 1. The molecule has 6 nitrogen and oxygen atoms in total. The third-order valence-electron chi connectivity index (χ3n) is 5.20. The zero-order valence-corrected chi connectivity index (χ0v) is 15.0. The average Bonchev–Trinajstić information content (AvgIpc) is 3.01. The van der Waals surface area contributed by atoms with Crippen LogP contribution < -0.4 is 5.73 Å². The van der Waals surface area contributed by atoms with Crippen LogP contribution in [0.1, 0.15) is 23.9 Å². The Bertz CT molecular complexity index is 1170. The topological polar surface area (TPSA) is 86.2 Å². The van der Waals surface area contributed by atoms with Gasteiger partial charge in [-0.3, -0.25) is 0 Å². The first-order valence-electron chi connectivity index (χ1n) is 8.96. The molecule has 0 amide bonds. The van der Waals surface area contributed by atoms with Gasteiger partial charge >= 0.3 is 0 Å². The Morgan fingerprint density at radius 1 is 1.11 bits per heavy atom. The van der Waals surface area contributed by atoms with Crippen LogP contribution in [0.3, 0.4) is 0 Å². The number of nitrogen functional groups attached to an aromatic ring is 1. The van der Waals surface area contributed by atoms with Crippen molar-refractivity contribution in [2.75, 3.05) is 5.73 Å². The van der Waals surface area contributed by atoms with Crippen molar-refractivity contribution in [3.63, 3.8) is 0 Å². The molecule has 0 saturated heterocycles. The molecule has 27 heavy (non-hydrogen) atoms. The van der Waals surface area contributed by atoms with Crippen LogP contribution in [-0.2, 0) is 30.1 Å². The molecule has 1 aliphatic heterocycles. The van der Waals surface area contributed by atoms with Gasteiger partial charge in [0.1, 0.15) is 23.5 Å². The van der Waals surface area contributed by atoms with Crippen LogP contribution in [0.15, 0.2) is 48.5 Å². The molecular weight excluding hydrogens is 340 g/mol. The van der Waals surface area contributed by atoms with Gasteiger partial charge in [-0.05, 0) is 24.1 Å². The summed E-state index contributed by atoms with van der Waals surface area (Å²) >= 11 is 0. The summed E-state index contributed by atoms with van der Waals surface area (Å²) in [7, 11) is 0. The van der Waals surface area contributed by atoms with Gasteiger partial charge < -0.3 is 20.1 Å². The van der Waals surface area contributed by atoms with E-state index in [4.69, 9.17) is 15.5 Å². The molecule has 4 aromatic rings. The predicted molar refractivity (Wildman–Crippen MR) is 104 cm³/mol. The highest BCUT2D eigenvalue weighted by molar-refractivity contribution is 6.09. The molecule has 3 heterocycles. The summed E-state index contributed by atoms with van der Waals surface area (Å²) in [6, 6.07) is 15.8. The van der Waals surface area contributed by atoms with Gasteiger partial charge in [0.2, 0.25) is 0 Å². The SMILES string of the molecule is CC1(O)Cn2c(COCc3ccccc3)nc3c(N)nc4cccc1c4c32. The van der Waals surface area contributed by atoms with E-state index in [1.807, 2.05) is 60.0 Å². The van der Waals surface area contributed by atoms with Gasteiger partial charge in [0.05, 0.1) is 24.2 Å². The molecule has 5 rings (SSSR count). The quantitative estimate of drug-likeness (QED) is 0.584. The third kappa shape index (κ3) is 2.49. The maximum absolute atomic E-state index is 11.1. The first-order chi connectivity index (χ1) is 13.0. The van der Waals surface area contributed by atoms with E-state index in [9.17, 15) is 5.11 Å². The lowest BCUT2D eigenvalue weighted by atomic mass is 9.89. The maximum Gasteiger partial charge on any atom is 0.152 e. The Hall–Kier alpha value is -2.96. The fourth-order valence-corrected chi connectivity index (χ4v) is 3.95. The highest BCUT2D eigenvalue weighted by Gasteiger charge is 2.34. The van der Waals surface area contributed by atoms with Crippen molar-refractivity contribution in [3.8, 4) is 0 Å². The summed E-state index contributed by atoms with van der Waals surface area (Å²) in [6.45, 7) is 3.06. The molecular formula is C21H20N4O2. The lowest BCUT2D eigenvalue weighted by Gasteiger charge is -2.31. The van der Waals surface area contributed by atoms with Crippen molar-refractivity contribution in [1.82, 2.24) is 14.5 Å². The minimum atomic E-state index is -1.01. The molecule has 0 bridgehead atoms. The molecule has 0 aliphatic carbocycles. The lowest BCUT2D eigenvalue weighted by molar-refractivity contribution is 0.0345. The van der Waals surface area contributed by atoms with Crippen LogP contribution >= 0.6 is 0 Å². The molecule has 2 aromatic carbocycles. The van der Waals surface area contributed by atoms with Crippen molar-refractivity contribution in [2.24, 2.45) is 0 Å². The number of ether oxygens (including phenoxy) is 1. The zero-order valence-electron chi connectivity index (χ0n) is 15.0. The third-order valence-corrected chi connectivity index (χ3v) is 5.20. The molecule has 2 aromatic heterocycles. The van der Waals surface area contributed by atoms with Gasteiger partial charge in [-0.1, -0.05) is 42.5 Å². The Labute approximate surface area is 156 Å². The van der Waals surface area contributed by atoms with E-state index in [-0.39, 0.29) is 0 Å². The van der Waals surface area contributed by atoms with Crippen molar-refractivity contribution in [1.29, 1.82) is 0 Å². The second kappa shape index (κ2) is 5.77. The summed E-state index contributed by atoms with van der Waals surface area (Å²) < 4.78 is 7.91. The Morgan fingerprint density at radius 2 is 1.93 bits per heavy atom. The number of benzene rings is 2. The molecule has 0 spiro atoms. The van der Waals surface area contributed by atoms with E-state index in [2.05, 4.69) is 4.98 Å². The fraction of sp³-hybridized carbons (Fsp3) is 0.238. The van der Waals surface area contributed by atoms with Gasteiger partial charge in [-0.2, -0.15) is 0 Å². The molecule has 6 heteroatoms. The summed E-state index contributed by atoms with van der Waals surface area (Å²) in [5, 5.41) is 12.0. The second-order valence-corrected chi connectivity index (χ2v) is 7.26.